The van der Waals surface area contributed by atoms with E-state index in [1.807, 2.05) is 15.9 Å². The van der Waals surface area contributed by atoms with Crippen LogP contribution in [0.15, 0.2) is 41.5 Å². The molecule has 5 aliphatic heterocycles. The zero-order valence-corrected chi connectivity index (χ0v) is 36.4. The molecule has 15 nitrogen and oxygen atoms in total. The molecule has 0 aliphatic carbocycles. The van der Waals surface area contributed by atoms with Crippen molar-refractivity contribution in [2.24, 2.45) is 10.7 Å². The fraction of sp³-hybridized carbons (Fsp3) is 0.489. The van der Waals surface area contributed by atoms with E-state index in [2.05, 4.69) is 15.0 Å². The van der Waals surface area contributed by atoms with Gasteiger partial charge in [0.1, 0.15) is 6.04 Å². The Morgan fingerprint density at radius 3 is 2.45 bits per heavy atom. The predicted molar refractivity (Wildman–Crippen MR) is 235 cm³/mol. The van der Waals surface area contributed by atoms with Crippen molar-refractivity contribution < 1.29 is 37.5 Å². The minimum absolute atomic E-state index is 0.0296. The molecule has 0 radical (unpaired) electrons. The number of anilines is 2. The molecule has 0 bridgehead atoms. The van der Waals surface area contributed by atoms with Gasteiger partial charge in [0.2, 0.25) is 23.6 Å². The van der Waals surface area contributed by atoms with E-state index < -0.39 is 36.1 Å². The van der Waals surface area contributed by atoms with Gasteiger partial charge in [0, 0.05) is 99.9 Å². The highest BCUT2D eigenvalue weighted by molar-refractivity contribution is 6.24. The number of nitrogens with one attached hydrogen (secondary N) is 1. The van der Waals surface area contributed by atoms with E-state index in [0.29, 0.717) is 99.5 Å². The molecule has 6 amide bonds. The number of fused-ring (bicyclic) bond motifs is 3. The van der Waals surface area contributed by atoms with Crippen molar-refractivity contribution in [1.82, 2.24) is 29.8 Å². The Hall–Kier alpha value is -6.26. The van der Waals surface area contributed by atoms with Crippen LogP contribution < -0.4 is 16.0 Å². The monoisotopic (exact) mass is 879 g/mol. The molecular weight excluding hydrogens is 825 g/mol. The summed E-state index contributed by atoms with van der Waals surface area (Å²) in [6.07, 6.45) is 7.86. The smallest absolute Gasteiger partial charge is 0.264 e. The van der Waals surface area contributed by atoms with Crippen LogP contribution in [0.1, 0.15) is 138 Å². The van der Waals surface area contributed by atoms with Gasteiger partial charge in [0.05, 0.1) is 23.7 Å². The summed E-state index contributed by atoms with van der Waals surface area (Å²) in [5.41, 5.74) is 11.4. The Bertz CT molecular complexity index is 2440. The number of unbranched alkanes of at least 4 members (excludes halogenated alkanes) is 3. The Kier molecular flexibility index (Phi) is 13.1. The lowest BCUT2D eigenvalue weighted by Crippen LogP contribution is -2.54. The van der Waals surface area contributed by atoms with Crippen LogP contribution in [0.2, 0.25) is 0 Å². The normalized spacial score (nSPS) is 19.5. The molecule has 5 aliphatic rings. The molecule has 2 fully saturated rings. The van der Waals surface area contributed by atoms with Crippen LogP contribution in [0.4, 0.5) is 20.3 Å². The maximum atomic E-state index is 14.7. The third kappa shape index (κ3) is 8.55. The molecule has 2 saturated heterocycles. The molecule has 3 N–H and O–H groups in total. The van der Waals surface area contributed by atoms with E-state index in [9.17, 15) is 37.5 Å². The quantitative estimate of drug-likeness (QED) is 0.126. The minimum atomic E-state index is -2.75. The number of aliphatic imine (C=N–C) groups is 1. The van der Waals surface area contributed by atoms with Crippen molar-refractivity contribution >= 4 is 58.7 Å². The van der Waals surface area contributed by atoms with Crippen LogP contribution in [-0.4, -0.2) is 105 Å². The average molecular weight is 880 g/mol. The highest BCUT2D eigenvalue weighted by Crippen LogP contribution is 2.43. The molecule has 0 spiro atoms. The molecule has 1 unspecified atom stereocenters. The van der Waals surface area contributed by atoms with E-state index in [4.69, 9.17) is 10.8 Å². The molecule has 338 valence electrons. The van der Waals surface area contributed by atoms with E-state index in [1.54, 1.807) is 43.1 Å². The zero-order valence-electron chi connectivity index (χ0n) is 36.4. The van der Waals surface area contributed by atoms with Crippen LogP contribution in [0.5, 0.6) is 0 Å². The molecule has 17 heteroatoms. The Morgan fingerprint density at radius 1 is 0.953 bits per heavy atom. The van der Waals surface area contributed by atoms with Gasteiger partial charge < -0.3 is 20.4 Å². The number of nitrogens with two attached hydrogens (primary N) is 1. The van der Waals surface area contributed by atoms with Gasteiger partial charge in [-0.2, -0.15) is 5.10 Å². The largest absolute Gasteiger partial charge is 0.404 e. The van der Waals surface area contributed by atoms with E-state index in [-0.39, 0.29) is 41.8 Å². The van der Waals surface area contributed by atoms with Crippen molar-refractivity contribution in [3.63, 3.8) is 0 Å². The Balaban J connectivity index is 0.881. The van der Waals surface area contributed by atoms with Crippen molar-refractivity contribution in [3.8, 4) is 0 Å². The number of aryl methyl sites for hydroxylation is 2. The maximum absolute atomic E-state index is 14.7. The summed E-state index contributed by atoms with van der Waals surface area (Å²) >= 11 is 0. The van der Waals surface area contributed by atoms with Crippen LogP contribution in [0.3, 0.4) is 0 Å². The zero-order chi connectivity index (χ0) is 45.2. The second-order valence-corrected chi connectivity index (χ2v) is 17.3. The number of hydrogen-bond donors (Lipinski definition) is 2. The van der Waals surface area contributed by atoms with Crippen molar-refractivity contribution in [2.75, 3.05) is 38.1 Å². The second-order valence-electron chi connectivity index (χ2n) is 17.3. The summed E-state index contributed by atoms with van der Waals surface area (Å²) in [7, 11) is 1.57. The predicted octanol–water partition coefficient (Wildman–Crippen LogP) is 5.57. The number of alkyl halides is 2. The molecule has 6 heterocycles. The van der Waals surface area contributed by atoms with Gasteiger partial charge in [-0.05, 0) is 86.3 Å². The number of piperidine rings is 2. The van der Waals surface area contributed by atoms with Crippen molar-refractivity contribution in [1.29, 1.82) is 0 Å². The Morgan fingerprint density at radius 2 is 1.73 bits per heavy atom. The number of halogens is 2. The summed E-state index contributed by atoms with van der Waals surface area (Å²) in [6, 6.07) is 7.56. The van der Waals surface area contributed by atoms with Gasteiger partial charge in [-0.1, -0.05) is 25.0 Å². The van der Waals surface area contributed by atoms with Crippen LogP contribution in [-0.2, 0) is 45.0 Å². The summed E-state index contributed by atoms with van der Waals surface area (Å²) in [6.45, 7) is 4.24. The number of likely N-dealkylation sites (tertiary alicyclic amines) is 1. The van der Waals surface area contributed by atoms with Crippen molar-refractivity contribution in [3.05, 3.63) is 81.2 Å². The maximum Gasteiger partial charge on any atom is 0.264 e. The highest BCUT2D eigenvalue weighted by Gasteiger charge is 2.45. The van der Waals surface area contributed by atoms with Gasteiger partial charge in [-0.25, -0.2) is 8.78 Å². The average Bonchev–Trinajstić information content (AvgIpc) is 3.79. The molecular formula is C47H55F2N9O6. The van der Waals surface area contributed by atoms with Crippen molar-refractivity contribution in [2.45, 2.75) is 115 Å². The number of carbonyl (C=O) groups excluding carboxylic acids is 6. The molecule has 8 rings (SSSR count). The second kappa shape index (κ2) is 18.8. The third-order valence-electron chi connectivity index (χ3n) is 13.4. The topological polar surface area (TPSA) is 184 Å². The number of amides is 6. The number of rotatable bonds is 13. The standard InChI is InChI=1S/C47H55F2N9O6/c1-28(59)55-22-18-37-36(27-55)44(56-19-8-11-30-23-34(31(25-50)26-51-2)35(43(48)49)24-39(30)56)53-58(37)32-16-20-54(21-17-32)41(61)13-6-4-3-5-9-29-10-7-12-33-42(29)47(64)57(46(33)63)38-14-15-40(60)52-45(38)62/h7,10,12,23-26,32,38,43H,3-6,8-9,11,13-22,27,50H2,1-2H3,(H,52,60,62)/b31-25+,51-26?. The molecule has 2 aromatic carbocycles. The first-order chi connectivity index (χ1) is 30.9. The highest BCUT2D eigenvalue weighted by atomic mass is 19.3. The fourth-order valence-corrected chi connectivity index (χ4v) is 10.1. The molecule has 1 atom stereocenters. The number of benzene rings is 2. The summed E-state index contributed by atoms with van der Waals surface area (Å²) in [4.78, 5) is 87.6. The number of carbonyl (C=O) groups is 6. The summed E-state index contributed by atoms with van der Waals surface area (Å²) < 4.78 is 31.4. The number of imide groups is 2. The lowest BCUT2D eigenvalue weighted by atomic mass is 9.92. The van der Waals surface area contributed by atoms with Gasteiger partial charge >= 0.3 is 0 Å². The van der Waals surface area contributed by atoms with Gasteiger partial charge in [0.25, 0.3) is 18.2 Å². The van der Waals surface area contributed by atoms with E-state index >= 15 is 0 Å². The number of allylic oxidation sites excluding steroid dienone is 1. The number of aromatic nitrogens is 2. The first-order valence-corrected chi connectivity index (χ1v) is 22.4. The number of nitrogens with zero attached hydrogens (tertiary/aromatic N) is 7. The van der Waals surface area contributed by atoms with E-state index in [1.165, 1.54) is 12.4 Å². The summed E-state index contributed by atoms with van der Waals surface area (Å²) in [5.74, 6) is -1.31. The minimum Gasteiger partial charge on any atom is -0.404 e. The number of hydrogen-bond acceptors (Lipinski definition) is 10. The third-order valence-corrected chi connectivity index (χ3v) is 13.4. The first kappa shape index (κ1) is 44.4. The molecule has 64 heavy (non-hydrogen) atoms. The van der Waals surface area contributed by atoms with Gasteiger partial charge in [0.15, 0.2) is 5.82 Å². The molecule has 3 aromatic rings. The van der Waals surface area contributed by atoms with Crippen LogP contribution in [0.25, 0.3) is 5.57 Å². The fourth-order valence-electron chi connectivity index (χ4n) is 10.1. The van der Waals surface area contributed by atoms with Crippen LogP contribution >= 0.6 is 0 Å². The first-order valence-electron chi connectivity index (χ1n) is 22.4. The summed E-state index contributed by atoms with van der Waals surface area (Å²) in [5, 5.41) is 7.46. The van der Waals surface area contributed by atoms with Gasteiger partial charge in [-0.15, -0.1) is 0 Å². The van der Waals surface area contributed by atoms with Crippen LogP contribution in [0, 0.1) is 0 Å². The SMILES string of the molecule is CN=C/C(=C\N)c1cc2c(cc1C(F)F)N(c1nn(C3CCN(C(=O)CCCCCCc4cccc5c4C(=O)N(C4CCC(=O)NC4=O)C5=O)CC3)c3c1CN(C(C)=O)CC3)CCC2. The van der Waals surface area contributed by atoms with E-state index in [0.717, 1.165) is 59.4 Å². The Labute approximate surface area is 370 Å². The lowest BCUT2D eigenvalue weighted by Gasteiger charge is -2.34. The molecule has 0 saturated carbocycles. The lowest BCUT2D eigenvalue weighted by molar-refractivity contribution is -0.136. The van der Waals surface area contributed by atoms with Gasteiger partial charge in [-0.3, -0.25) is 48.7 Å². The molecule has 1 aromatic heterocycles.